The van der Waals surface area contributed by atoms with Gasteiger partial charge in [0.1, 0.15) is 29.6 Å². The predicted octanol–water partition coefficient (Wildman–Crippen LogP) is 3.59. The van der Waals surface area contributed by atoms with Gasteiger partial charge in [0.25, 0.3) is 0 Å². The number of methoxy groups -OCH3 is 1. The first-order valence-electron chi connectivity index (χ1n) is 10.6. The van der Waals surface area contributed by atoms with Gasteiger partial charge >= 0.3 is 11.9 Å². The van der Waals surface area contributed by atoms with Crippen molar-refractivity contribution in [3.05, 3.63) is 9.08 Å². The topological polar surface area (TPSA) is 131 Å². The molecule has 2 aromatic rings. The number of amides is 1. The number of esters is 2. The number of fused-ring (bicyclic) bond motifs is 1. The molecule has 0 unspecified atom stereocenters. The summed E-state index contributed by atoms with van der Waals surface area (Å²) in [4.78, 5) is 43.9. The Bertz CT molecular complexity index is 1090. The van der Waals surface area contributed by atoms with Gasteiger partial charge in [-0.25, -0.2) is 0 Å². The molecule has 3 atom stereocenters. The van der Waals surface area contributed by atoms with E-state index in [4.69, 9.17) is 18.9 Å². The third-order valence-electron chi connectivity index (χ3n) is 5.15. The molecule has 1 amide bonds. The van der Waals surface area contributed by atoms with Gasteiger partial charge in [-0.1, -0.05) is 27.7 Å². The Morgan fingerprint density at radius 1 is 1.21 bits per heavy atom. The number of halogens is 2. The van der Waals surface area contributed by atoms with E-state index in [0.717, 1.165) is 0 Å². The Kier molecular flexibility index (Phi) is 8.52. The average molecular weight is 606 g/mol. The van der Waals surface area contributed by atoms with E-state index in [9.17, 15) is 14.4 Å². The molecular formula is C21H26Br2N4O7. The van der Waals surface area contributed by atoms with Gasteiger partial charge in [0.15, 0.2) is 5.65 Å². The van der Waals surface area contributed by atoms with Crippen LogP contribution in [-0.4, -0.2) is 58.8 Å². The third kappa shape index (κ3) is 5.36. The number of carbonyl (C=O) groups excluding carboxylic acids is 3. The first-order valence-corrected chi connectivity index (χ1v) is 12.2. The summed E-state index contributed by atoms with van der Waals surface area (Å²) < 4.78 is 25.6. The third-order valence-corrected chi connectivity index (χ3v) is 7.23. The quantitative estimate of drug-likeness (QED) is 0.336. The SMILES string of the molecule is COc1nc(NC=O)nc2c1c(Br)c(Br)n2[C@@H]1C[C@H](OC(=O)C(C)C)[C@@H](COC(=O)C(C)C)O1. The van der Waals surface area contributed by atoms with E-state index in [1.165, 1.54) is 7.11 Å². The molecule has 34 heavy (non-hydrogen) atoms. The summed E-state index contributed by atoms with van der Waals surface area (Å²) in [5, 5.41) is 2.98. The summed E-state index contributed by atoms with van der Waals surface area (Å²) in [6.07, 6.45) is -1.24. The van der Waals surface area contributed by atoms with Gasteiger partial charge < -0.3 is 18.9 Å². The van der Waals surface area contributed by atoms with Crippen LogP contribution >= 0.6 is 31.9 Å². The van der Waals surface area contributed by atoms with Crippen LogP contribution in [0, 0.1) is 11.8 Å². The smallest absolute Gasteiger partial charge is 0.308 e. The number of rotatable bonds is 9. The van der Waals surface area contributed by atoms with Gasteiger partial charge in [0.2, 0.25) is 18.2 Å². The maximum absolute atomic E-state index is 12.3. The van der Waals surface area contributed by atoms with Crippen molar-refractivity contribution in [3.63, 3.8) is 0 Å². The lowest BCUT2D eigenvalue weighted by atomic mass is 10.1. The Hall–Kier alpha value is -2.25. The minimum Gasteiger partial charge on any atom is -0.480 e. The molecule has 1 aliphatic heterocycles. The Balaban J connectivity index is 2.00. The molecule has 0 aromatic carbocycles. The molecule has 0 aliphatic carbocycles. The maximum Gasteiger partial charge on any atom is 0.308 e. The molecule has 186 valence electrons. The molecule has 1 fully saturated rings. The number of carbonyl (C=O) groups is 3. The average Bonchev–Trinajstić information content (AvgIpc) is 3.29. The van der Waals surface area contributed by atoms with Crippen LogP contribution < -0.4 is 10.1 Å². The molecule has 3 rings (SSSR count). The summed E-state index contributed by atoms with van der Waals surface area (Å²) in [7, 11) is 1.46. The molecule has 0 saturated carbocycles. The summed E-state index contributed by atoms with van der Waals surface area (Å²) >= 11 is 7.09. The van der Waals surface area contributed by atoms with Crippen molar-refractivity contribution in [1.82, 2.24) is 14.5 Å². The number of hydrogen-bond acceptors (Lipinski definition) is 9. The summed E-state index contributed by atoms with van der Waals surface area (Å²) in [5.41, 5.74) is 0.411. The van der Waals surface area contributed by atoms with Crippen molar-refractivity contribution < 1.29 is 33.3 Å². The van der Waals surface area contributed by atoms with E-state index in [2.05, 4.69) is 47.1 Å². The summed E-state index contributed by atoms with van der Waals surface area (Å²) in [6.45, 7) is 6.87. The summed E-state index contributed by atoms with van der Waals surface area (Å²) in [5.74, 6) is -1.11. The molecule has 2 aromatic heterocycles. The number of hydrogen-bond donors (Lipinski definition) is 1. The zero-order chi connectivity index (χ0) is 25.2. The van der Waals surface area contributed by atoms with Crippen LogP contribution in [0.2, 0.25) is 0 Å². The highest BCUT2D eigenvalue weighted by Crippen LogP contribution is 2.44. The highest BCUT2D eigenvalue weighted by molar-refractivity contribution is 9.13. The van der Waals surface area contributed by atoms with E-state index >= 15 is 0 Å². The number of nitrogens with one attached hydrogen (secondary N) is 1. The van der Waals surface area contributed by atoms with Crippen molar-refractivity contribution in [2.45, 2.75) is 52.6 Å². The number of nitrogens with zero attached hydrogens (tertiary/aromatic N) is 3. The van der Waals surface area contributed by atoms with E-state index in [0.29, 0.717) is 26.5 Å². The normalized spacial score (nSPS) is 20.1. The highest BCUT2D eigenvalue weighted by Gasteiger charge is 2.42. The molecule has 3 heterocycles. The number of anilines is 1. The Morgan fingerprint density at radius 3 is 2.47 bits per heavy atom. The van der Waals surface area contributed by atoms with Crippen LogP contribution in [0.1, 0.15) is 40.3 Å². The fourth-order valence-electron chi connectivity index (χ4n) is 3.37. The monoisotopic (exact) mass is 604 g/mol. The lowest BCUT2D eigenvalue weighted by Gasteiger charge is -2.20. The lowest BCUT2D eigenvalue weighted by Crippen LogP contribution is -2.33. The van der Waals surface area contributed by atoms with E-state index < -0.39 is 18.4 Å². The van der Waals surface area contributed by atoms with Crippen LogP contribution in [0.25, 0.3) is 11.0 Å². The molecule has 0 spiro atoms. The summed E-state index contributed by atoms with van der Waals surface area (Å²) in [6, 6.07) is 0. The molecule has 11 nitrogen and oxygen atoms in total. The minimum atomic E-state index is -0.685. The van der Waals surface area contributed by atoms with Gasteiger partial charge in [-0.05, 0) is 31.9 Å². The largest absolute Gasteiger partial charge is 0.480 e. The van der Waals surface area contributed by atoms with Crippen molar-refractivity contribution in [2.75, 3.05) is 19.0 Å². The zero-order valence-corrected chi connectivity index (χ0v) is 22.5. The van der Waals surface area contributed by atoms with Crippen LogP contribution in [-0.2, 0) is 28.6 Å². The van der Waals surface area contributed by atoms with Gasteiger partial charge in [-0.2, -0.15) is 9.97 Å². The van der Waals surface area contributed by atoms with Gasteiger partial charge in [0, 0.05) is 6.42 Å². The predicted molar refractivity (Wildman–Crippen MR) is 128 cm³/mol. The Morgan fingerprint density at radius 2 is 1.88 bits per heavy atom. The highest BCUT2D eigenvalue weighted by atomic mass is 79.9. The van der Waals surface area contributed by atoms with E-state index in [1.807, 2.05) is 0 Å². The van der Waals surface area contributed by atoms with E-state index in [1.54, 1.807) is 32.3 Å². The molecule has 1 saturated heterocycles. The van der Waals surface area contributed by atoms with Crippen molar-refractivity contribution in [3.8, 4) is 5.88 Å². The lowest BCUT2D eigenvalue weighted by molar-refractivity contribution is -0.162. The zero-order valence-electron chi connectivity index (χ0n) is 19.3. The standard InChI is InChI=1S/C21H26Br2N4O7/c1-9(2)19(29)32-7-12-11(34-20(30)10(3)4)6-13(33-12)27-16(23)15(22)14-17(27)25-21(24-8-28)26-18(14)31-5/h8-13H,6-7H2,1-5H3,(H,24,25,26,28)/t11-,12+,13-/m0/s1. The second kappa shape index (κ2) is 11.0. The molecule has 1 N–H and O–H groups in total. The first-order chi connectivity index (χ1) is 16.1. The maximum atomic E-state index is 12.3. The Labute approximate surface area is 213 Å². The van der Waals surface area contributed by atoms with Crippen LogP contribution in [0.5, 0.6) is 5.88 Å². The van der Waals surface area contributed by atoms with Crippen LogP contribution in [0.15, 0.2) is 9.08 Å². The minimum absolute atomic E-state index is 0.0429. The second-order valence-corrected chi connectivity index (χ2v) is 9.82. The molecule has 13 heteroatoms. The van der Waals surface area contributed by atoms with Crippen LogP contribution in [0.4, 0.5) is 5.95 Å². The molecule has 0 radical (unpaired) electrons. The number of ether oxygens (including phenoxy) is 4. The molecular weight excluding hydrogens is 580 g/mol. The van der Waals surface area contributed by atoms with Crippen molar-refractivity contribution >= 4 is 67.2 Å². The second-order valence-electron chi connectivity index (χ2n) is 8.27. The van der Waals surface area contributed by atoms with E-state index in [-0.39, 0.29) is 48.6 Å². The molecule has 1 aliphatic rings. The number of aromatic nitrogens is 3. The molecule has 0 bridgehead atoms. The van der Waals surface area contributed by atoms with Gasteiger partial charge in [-0.3, -0.25) is 24.3 Å². The first kappa shape index (κ1) is 26.4. The van der Waals surface area contributed by atoms with Crippen molar-refractivity contribution in [2.24, 2.45) is 11.8 Å². The van der Waals surface area contributed by atoms with Gasteiger partial charge in [0.05, 0.1) is 28.8 Å². The van der Waals surface area contributed by atoms with Gasteiger partial charge in [-0.15, -0.1) is 0 Å². The fourth-order valence-corrected chi connectivity index (χ4v) is 4.51. The van der Waals surface area contributed by atoms with Crippen molar-refractivity contribution in [1.29, 1.82) is 0 Å². The van der Waals surface area contributed by atoms with Crippen LogP contribution in [0.3, 0.4) is 0 Å². The fraction of sp³-hybridized carbons (Fsp3) is 0.571.